The van der Waals surface area contributed by atoms with E-state index in [1.54, 1.807) is 6.92 Å². The lowest BCUT2D eigenvalue weighted by Gasteiger charge is -2.55. The summed E-state index contributed by atoms with van der Waals surface area (Å²) >= 11 is 0. The minimum atomic E-state index is -0.891. The Morgan fingerprint density at radius 1 is 1.03 bits per heavy atom. The van der Waals surface area contributed by atoms with Gasteiger partial charge in [0.25, 0.3) is 5.91 Å². The molecule has 6 heteroatoms. The lowest BCUT2D eigenvalue weighted by Crippen LogP contribution is -2.53. The number of nitrogens with one attached hydrogen (secondary N) is 2. The molecule has 0 aromatic heterocycles. The summed E-state index contributed by atoms with van der Waals surface area (Å²) in [4.78, 5) is 37.3. The molecular weight excluding hydrogens is 380 g/mol. The number of anilines is 1. The standard InChI is InChI=1S/C24H32N2O4/c1-15-3-5-20(6-4-15)26-22(28)16(2)30-21(27)7-8-25-23(29)24-12-17-9-18(13-24)11-19(10-17)14-24/h3-6,16-19H,7-14H2,1-2H3,(H,25,29)(H,26,28)/t16-,17?,18?,19?,24?/m1/s1. The zero-order chi connectivity index (χ0) is 21.3. The molecule has 1 atom stereocenters. The molecule has 0 saturated heterocycles. The van der Waals surface area contributed by atoms with Crippen molar-refractivity contribution in [3.8, 4) is 0 Å². The van der Waals surface area contributed by atoms with Gasteiger partial charge in [-0.15, -0.1) is 0 Å². The highest BCUT2D eigenvalue weighted by Gasteiger charge is 2.54. The molecule has 6 nitrogen and oxygen atoms in total. The van der Waals surface area contributed by atoms with Gasteiger partial charge < -0.3 is 15.4 Å². The molecule has 2 amide bonds. The molecule has 1 aromatic rings. The van der Waals surface area contributed by atoms with Crippen molar-refractivity contribution < 1.29 is 19.1 Å². The Labute approximate surface area is 178 Å². The molecule has 4 fully saturated rings. The van der Waals surface area contributed by atoms with E-state index in [0.29, 0.717) is 23.4 Å². The third kappa shape index (κ3) is 4.52. The van der Waals surface area contributed by atoms with Crippen LogP contribution >= 0.6 is 0 Å². The third-order valence-corrected chi connectivity index (χ3v) is 7.13. The van der Waals surface area contributed by atoms with Gasteiger partial charge in [0.2, 0.25) is 5.91 Å². The Hall–Kier alpha value is -2.37. The Bertz CT molecular complexity index is 782. The van der Waals surface area contributed by atoms with Gasteiger partial charge in [-0.1, -0.05) is 17.7 Å². The van der Waals surface area contributed by atoms with Gasteiger partial charge in [-0.25, -0.2) is 0 Å². The van der Waals surface area contributed by atoms with Gasteiger partial charge in [-0.2, -0.15) is 0 Å². The van der Waals surface area contributed by atoms with Crippen molar-refractivity contribution >= 4 is 23.5 Å². The van der Waals surface area contributed by atoms with Gasteiger partial charge in [-0.05, 0) is 82.3 Å². The number of amides is 2. The maximum Gasteiger partial charge on any atom is 0.308 e. The fourth-order valence-corrected chi connectivity index (χ4v) is 6.04. The molecule has 0 heterocycles. The first kappa shape index (κ1) is 20.9. The summed E-state index contributed by atoms with van der Waals surface area (Å²) in [5.74, 6) is 1.39. The lowest BCUT2D eigenvalue weighted by atomic mass is 9.49. The van der Waals surface area contributed by atoms with Crippen LogP contribution in [0, 0.1) is 30.1 Å². The second-order valence-electron chi connectivity index (χ2n) is 9.69. The minimum Gasteiger partial charge on any atom is -0.452 e. The zero-order valence-electron chi connectivity index (χ0n) is 17.9. The summed E-state index contributed by atoms with van der Waals surface area (Å²) in [6.07, 6.45) is 6.07. The van der Waals surface area contributed by atoms with Crippen molar-refractivity contribution in [1.82, 2.24) is 5.32 Å². The first-order valence-corrected chi connectivity index (χ1v) is 11.2. The number of carbonyl (C=O) groups is 3. The first-order valence-electron chi connectivity index (χ1n) is 11.2. The molecule has 4 aliphatic rings. The predicted molar refractivity (Wildman–Crippen MR) is 114 cm³/mol. The van der Waals surface area contributed by atoms with E-state index < -0.39 is 12.1 Å². The fourth-order valence-electron chi connectivity index (χ4n) is 6.04. The van der Waals surface area contributed by atoms with E-state index in [0.717, 1.165) is 24.8 Å². The van der Waals surface area contributed by atoms with Gasteiger partial charge in [0.15, 0.2) is 6.10 Å². The normalized spacial score (nSPS) is 29.9. The van der Waals surface area contributed by atoms with E-state index in [2.05, 4.69) is 10.6 Å². The molecule has 2 N–H and O–H groups in total. The number of esters is 1. The molecule has 0 radical (unpaired) electrons. The number of ether oxygens (including phenoxy) is 1. The highest BCUT2D eigenvalue weighted by Crippen LogP contribution is 2.60. The Morgan fingerprint density at radius 3 is 2.17 bits per heavy atom. The number of rotatable bonds is 7. The van der Waals surface area contributed by atoms with E-state index in [4.69, 9.17) is 4.74 Å². The van der Waals surface area contributed by atoms with Crippen molar-refractivity contribution in [3.05, 3.63) is 29.8 Å². The molecule has 4 saturated carbocycles. The van der Waals surface area contributed by atoms with E-state index in [1.165, 1.54) is 19.3 Å². The average molecular weight is 413 g/mol. The summed E-state index contributed by atoms with van der Waals surface area (Å²) in [7, 11) is 0. The molecule has 0 unspecified atom stereocenters. The lowest BCUT2D eigenvalue weighted by molar-refractivity contribution is -0.153. The van der Waals surface area contributed by atoms with Crippen LogP contribution in [-0.2, 0) is 19.1 Å². The van der Waals surface area contributed by atoms with Crippen LogP contribution in [0.15, 0.2) is 24.3 Å². The number of aryl methyl sites for hydroxylation is 1. The molecule has 30 heavy (non-hydrogen) atoms. The third-order valence-electron chi connectivity index (χ3n) is 7.13. The zero-order valence-corrected chi connectivity index (χ0v) is 17.9. The van der Waals surface area contributed by atoms with E-state index in [9.17, 15) is 14.4 Å². The fraction of sp³-hybridized carbons (Fsp3) is 0.625. The summed E-state index contributed by atoms with van der Waals surface area (Å²) in [5, 5.41) is 5.71. The SMILES string of the molecule is Cc1ccc(NC(=O)[C@@H](C)OC(=O)CCNC(=O)C23CC4CC(CC(C4)C2)C3)cc1. The number of carbonyl (C=O) groups excluding carboxylic acids is 3. The monoisotopic (exact) mass is 412 g/mol. The van der Waals surface area contributed by atoms with Gasteiger partial charge in [-0.3, -0.25) is 14.4 Å². The van der Waals surface area contributed by atoms with Crippen LogP contribution in [0.3, 0.4) is 0 Å². The van der Waals surface area contributed by atoms with Crippen LogP contribution in [0.2, 0.25) is 0 Å². The molecule has 0 spiro atoms. The van der Waals surface area contributed by atoms with Crippen molar-refractivity contribution in [2.24, 2.45) is 23.2 Å². The van der Waals surface area contributed by atoms with Gasteiger partial charge >= 0.3 is 5.97 Å². The molecule has 0 aliphatic heterocycles. The van der Waals surface area contributed by atoms with E-state index in [1.807, 2.05) is 31.2 Å². The Morgan fingerprint density at radius 2 is 1.60 bits per heavy atom. The number of hydrogen-bond acceptors (Lipinski definition) is 4. The van der Waals surface area contributed by atoms with E-state index in [-0.39, 0.29) is 30.2 Å². The summed E-state index contributed by atoms with van der Waals surface area (Å²) in [5.41, 5.74) is 1.55. The molecule has 162 valence electrons. The maximum absolute atomic E-state index is 12.9. The Kier molecular flexibility index (Phi) is 5.85. The largest absolute Gasteiger partial charge is 0.452 e. The molecule has 5 rings (SSSR count). The van der Waals surface area contributed by atoms with Crippen LogP contribution in [0.5, 0.6) is 0 Å². The molecule has 4 bridgehead atoms. The van der Waals surface area contributed by atoms with Crippen LogP contribution in [0.25, 0.3) is 0 Å². The topological polar surface area (TPSA) is 84.5 Å². The van der Waals surface area contributed by atoms with Gasteiger partial charge in [0.05, 0.1) is 6.42 Å². The van der Waals surface area contributed by atoms with Crippen molar-refractivity contribution in [3.63, 3.8) is 0 Å². The van der Waals surface area contributed by atoms with Crippen molar-refractivity contribution in [2.75, 3.05) is 11.9 Å². The van der Waals surface area contributed by atoms with Crippen LogP contribution in [0.1, 0.15) is 57.4 Å². The minimum absolute atomic E-state index is 0.0697. The highest BCUT2D eigenvalue weighted by molar-refractivity contribution is 5.95. The maximum atomic E-state index is 12.9. The summed E-state index contributed by atoms with van der Waals surface area (Å²) in [6, 6.07) is 7.42. The van der Waals surface area contributed by atoms with Crippen LogP contribution < -0.4 is 10.6 Å². The molecule has 1 aromatic carbocycles. The van der Waals surface area contributed by atoms with Crippen molar-refractivity contribution in [2.45, 2.75) is 64.9 Å². The Balaban J connectivity index is 1.20. The van der Waals surface area contributed by atoms with Crippen LogP contribution in [0.4, 0.5) is 5.69 Å². The second-order valence-corrected chi connectivity index (χ2v) is 9.69. The van der Waals surface area contributed by atoms with E-state index >= 15 is 0 Å². The summed E-state index contributed by atoms with van der Waals surface area (Å²) < 4.78 is 5.24. The molecular formula is C24H32N2O4. The average Bonchev–Trinajstić information content (AvgIpc) is 2.68. The summed E-state index contributed by atoms with van der Waals surface area (Å²) in [6.45, 7) is 3.78. The predicted octanol–water partition coefficient (Wildman–Crippen LogP) is 3.59. The molecule has 4 aliphatic carbocycles. The van der Waals surface area contributed by atoms with Gasteiger partial charge in [0, 0.05) is 17.6 Å². The van der Waals surface area contributed by atoms with Gasteiger partial charge in [0.1, 0.15) is 0 Å². The number of hydrogen-bond donors (Lipinski definition) is 2. The highest BCUT2D eigenvalue weighted by atomic mass is 16.5. The quantitative estimate of drug-likeness (QED) is 0.671. The second kappa shape index (κ2) is 8.40. The van der Waals surface area contributed by atoms with Crippen molar-refractivity contribution in [1.29, 1.82) is 0 Å². The first-order chi connectivity index (χ1) is 14.3. The number of benzene rings is 1. The van der Waals surface area contributed by atoms with Crippen LogP contribution in [-0.4, -0.2) is 30.4 Å². The smallest absolute Gasteiger partial charge is 0.308 e.